The van der Waals surface area contributed by atoms with Gasteiger partial charge in [-0.05, 0) is 43.7 Å². The van der Waals surface area contributed by atoms with Crippen LogP contribution < -0.4 is 4.74 Å². The first-order chi connectivity index (χ1) is 10.3. The number of benzene rings is 1. The number of carbonyl (C=O) groups is 1. The van der Waals surface area contributed by atoms with Gasteiger partial charge in [0.1, 0.15) is 5.75 Å². The SMILES string of the molecule is N#Cc1ccc(OCC(=O)N2CCN3CCCC3C2)cc1. The maximum Gasteiger partial charge on any atom is 0.260 e. The molecule has 2 heterocycles. The number of piperazine rings is 1. The van der Waals surface area contributed by atoms with Crippen LogP contribution >= 0.6 is 0 Å². The van der Waals surface area contributed by atoms with Crippen LogP contribution in [-0.4, -0.2) is 54.5 Å². The number of hydrogen-bond donors (Lipinski definition) is 0. The summed E-state index contributed by atoms with van der Waals surface area (Å²) in [5.41, 5.74) is 0.589. The van der Waals surface area contributed by atoms with E-state index in [0.29, 0.717) is 17.4 Å². The van der Waals surface area contributed by atoms with Crippen molar-refractivity contribution < 1.29 is 9.53 Å². The molecule has 0 saturated carbocycles. The van der Waals surface area contributed by atoms with Gasteiger partial charge in [-0.15, -0.1) is 0 Å². The van der Waals surface area contributed by atoms with Crippen LogP contribution in [0.15, 0.2) is 24.3 Å². The average molecular weight is 285 g/mol. The van der Waals surface area contributed by atoms with Crippen molar-refractivity contribution in [2.24, 2.45) is 0 Å². The van der Waals surface area contributed by atoms with Crippen molar-refractivity contribution in [3.05, 3.63) is 29.8 Å². The minimum Gasteiger partial charge on any atom is -0.484 e. The van der Waals surface area contributed by atoms with Crippen molar-refractivity contribution in [2.75, 3.05) is 32.8 Å². The van der Waals surface area contributed by atoms with Crippen molar-refractivity contribution in [1.29, 1.82) is 5.26 Å². The van der Waals surface area contributed by atoms with E-state index in [1.54, 1.807) is 24.3 Å². The number of fused-ring (bicyclic) bond motifs is 1. The zero-order valence-electron chi connectivity index (χ0n) is 12.0. The Hall–Kier alpha value is -2.06. The van der Waals surface area contributed by atoms with E-state index in [2.05, 4.69) is 11.0 Å². The Morgan fingerprint density at radius 2 is 2.10 bits per heavy atom. The normalized spacial score (nSPS) is 21.7. The molecule has 5 heteroatoms. The van der Waals surface area contributed by atoms with Gasteiger partial charge in [0.15, 0.2) is 6.61 Å². The molecule has 1 unspecified atom stereocenters. The number of carbonyl (C=O) groups excluding carboxylic acids is 1. The molecule has 0 spiro atoms. The highest BCUT2D eigenvalue weighted by molar-refractivity contribution is 5.78. The highest BCUT2D eigenvalue weighted by Gasteiger charge is 2.32. The molecule has 2 aliphatic rings. The maximum atomic E-state index is 12.2. The maximum absolute atomic E-state index is 12.2. The number of ether oxygens (including phenoxy) is 1. The number of rotatable bonds is 3. The minimum absolute atomic E-state index is 0.0471. The van der Waals surface area contributed by atoms with Gasteiger partial charge in [-0.2, -0.15) is 5.26 Å². The number of nitriles is 1. The van der Waals surface area contributed by atoms with Crippen LogP contribution in [0.4, 0.5) is 0 Å². The van der Waals surface area contributed by atoms with Gasteiger partial charge in [-0.25, -0.2) is 0 Å². The van der Waals surface area contributed by atoms with Crippen LogP contribution in [0.25, 0.3) is 0 Å². The van der Waals surface area contributed by atoms with Gasteiger partial charge in [0.25, 0.3) is 5.91 Å². The third kappa shape index (κ3) is 3.17. The first-order valence-electron chi connectivity index (χ1n) is 7.41. The molecular weight excluding hydrogens is 266 g/mol. The highest BCUT2D eigenvalue weighted by Crippen LogP contribution is 2.21. The number of nitrogens with zero attached hydrogens (tertiary/aromatic N) is 3. The zero-order valence-corrected chi connectivity index (χ0v) is 12.0. The standard InChI is InChI=1S/C16H19N3O2/c17-10-13-3-5-15(6-4-13)21-12-16(20)19-9-8-18-7-1-2-14(18)11-19/h3-6,14H,1-2,7-9,11-12H2. The zero-order chi connectivity index (χ0) is 14.7. The Balaban J connectivity index is 1.50. The van der Waals surface area contributed by atoms with E-state index in [0.717, 1.165) is 19.6 Å². The van der Waals surface area contributed by atoms with Crippen molar-refractivity contribution >= 4 is 5.91 Å². The Kier molecular flexibility index (Phi) is 4.07. The molecule has 21 heavy (non-hydrogen) atoms. The summed E-state index contributed by atoms with van der Waals surface area (Å²) in [5, 5.41) is 8.74. The fourth-order valence-electron chi connectivity index (χ4n) is 3.08. The monoisotopic (exact) mass is 285 g/mol. The van der Waals surface area contributed by atoms with E-state index in [1.165, 1.54) is 19.4 Å². The third-order valence-electron chi connectivity index (χ3n) is 4.29. The summed E-state index contributed by atoms with van der Waals surface area (Å²) in [6.07, 6.45) is 2.44. The fourth-order valence-corrected chi connectivity index (χ4v) is 3.08. The number of amides is 1. The predicted molar refractivity (Wildman–Crippen MR) is 77.8 cm³/mol. The molecule has 5 nitrogen and oxygen atoms in total. The minimum atomic E-state index is 0.0471. The van der Waals surface area contributed by atoms with Crippen molar-refractivity contribution in [3.63, 3.8) is 0 Å². The Labute approximate surface area is 124 Å². The lowest BCUT2D eigenvalue weighted by Gasteiger charge is -2.37. The Morgan fingerprint density at radius 3 is 2.86 bits per heavy atom. The summed E-state index contributed by atoms with van der Waals surface area (Å²) in [5.74, 6) is 0.674. The average Bonchev–Trinajstić information content (AvgIpc) is 3.00. The third-order valence-corrected chi connectivity index (χ3v) is 4.29. The van der Waals surface area contributed by atoms with E-state index in [-0.39, 0.29) is 12.5 Å². The molecule has 2 fully saturated rings. The van der Waals surface area contributed by atoms with Crippen LogP contribution in [0, 0.1) is 11.3 Å². The van der Waals surface area contributed by atoms with Crippen LogP contribution in [0.5, 0.6) is 5.75 Å². The fraction of sp³-hybridized carbons (Fsp3) is 0.500. The van der Waals surface area contributed by atoms with E-state index in [4.69, 9.17) is 10.00 Å². The molecule has 0 bridgehead atoms. The van der Waals surface area contributed by atoms with E-state index >= 15 is 0 Å². The Morgan fingerprint density at radius 1 is 1.29 bits per heavy atom. The highest BCUT2D eigenvalue weighted by atomic mass is 16.5. The first-order valence-corrected chi connectivity index (χ1v) is 7.41. The quantitative estimate of drug-likeness (QED) is 0.838. The molecule has 1 atom stereocenters. The first kappa shape index (κ1) is 13.9. The second kappa shape index (κ2) is 6.15. The second-order valence-electron chi connectivity index (χ2n) is 5.60. The van der Waals surface area contributed by atoms with E-state index < -0.39 is 0 Å². The lowest BCUT2D eigenvalue weighted by Crippen LogP contribution is -2.53. The topological polar surface area (TPSA) is 56.6 Å². The van der Waals surface area contributed by atoms with Gasteiger partial charge in [0.2, 0.25) is 0 Å². The number of hydrogen-bond acceptors (Lipinski definition) is 4. The molecule has 0 radical (unpaired) electrons. The molecule has 110 valence electrons. The largest absolute Gasteiger partial charge is 0.484 e. The molecule has 2 saturated heterocycles. The van der Waals surface area contributed by atoms with E-state index in [9.17, 15) is 4.79 Å². The second-order valence-corrected chi connectivity index (χ2v) is 5.60. The van der Waals surface area contributed by atoms with Crippen molar-refractivity contribution in [2.45, 2.75) is 18.9 Å². The van der Waals surface area contributed by atoms with Gasteiger partial charge >= 0.3 is 0 Å². The lowest BCUT2D eigenvalue weighted by atomic mass is 10.1. The summed E-state index contributed by atoms with van der Waals surface area (Å²) >= 11 is 0. The smallest absolute Gasteiger partial charge is 0.260 e. The summed E-state index contributed by atoms with van der Waals surface area (Å²) in [6.45, 7) is 3.85. The molecule has 0 aliphatic carbocycles. The summed E-state index contributed by atoms with van der Waals surface area (Å²) < 4.78 is 5.52. The molecule has 1 amide bonds. The van der Waals surface area contributed by atoms with Gasteiger partial charge in [-0.3, -0.25) is 9.69 Å². The van der Waals surface area contributed by atoms with E-state index in [1.807, 2.05) is 4.90 Å². The molecular formula is C16H19N3O2. The molecule has 1 aromatic rings. The van der Waals surface area contributed by atoms with Gasteiger partial charge in [0.05, 0.1) is 11.6 Å². The van der Waals surface area contributed by atoms with Crippen LogP contribution in [0.2, 0.25) is 0 Å². The summed E-state index contributed by atoms with van der Waals surface area (Å²) in [4.78, 5) is 16.6. The summed E-state index contributed by atoms with van der Waals surface area (Å²) in [7, 11) is 0. The van der Waals surface area contributed by atoms with Crippen molar-refractivity contribution in [3.8, 4) is 11.8 Å². The molecule has 2 aliphatic heterocycles. The van der Waals surface area contributed by atoms with Gasteiger partial charge in [0, 0.05) is 25.7 Å². The van der Waals surface area contributed by atoms with Gasteiger partial charge < -0.3 is 9.64 Å². The predicted octanol–water partition coefficient (Wildman–Crippen LogP) is 1.24. The molecule has 0 aromatic heterocycles. The Bertz CT molecular complexity index is 550. The molecule has 0 N–H and O–H groups in total. The van der Waals surface area contributed by atoms with Crippen LogP contribution in [0.1, 0.15) is 18.4 Å². The molecule has 1 aromatic carbocycles. The summed E-state index contributed by atoms with van der Waals surface area (Å²) in [6, 6.07) is 9.43. The molecule has 3 rings (SSSR count). The van der Waals surface area contributed by atoms with Crippen molar-refractivity contribution in [1.82, 2.24) is 9.80 Å². The van der Waals surface area contributed by atoms with Gasteiger partial charge in [-0.1, -0.05) is 0 Å². The van der Waals surface area contributed by atoms with Crippen LogP contribution in [-0.2, 0) is 4.79 Å². The lowest BCUT2D eigenvalue weighted by molar-refractivity contribution is -0.135. The van der Waals surface area contributed by atoms with Crippen LogP contribution in [0.3, 0.4) is 0 Å².